The maximum Gasteiger partial charge on any atom is 0.411 e. The molecular weight excluding hydrogens is 206 g/mol. The lowest BCUT2D eigenvalue weighted by molar-refractivity contribution is -0.231. The number of hydrogen-bond donors (Lipinski definition) is 0. The lowest BCUT2D eigenvalue weighted by atomic mass is 10.7. The Labute approximate surface area is 76.1 Å². The highest BCUT2D eigenvalue weighted by atomic mass is 32.2. The molecule has 0 aromatic carbocycles. The Kier molecular flexibility index (Phi) is 2.97. The molecule has 3 nitrogen and oxygen atoms in total. The van der Waals surface area contributed by atoms with E-state index in [0.29, 0.717) is 4.34 Å². The van der Waals surface area contributed by atoms with Gasteiger partial charge in [-0.3, -0.25) is 0 Å². The fourth-order valence-corrected chi connectivity index (χ4v) is 1.72. The minimum absolute atomic E-state index is 0.408. The van der Waals surface area contributed by atoms with Gasteiger partial charge in [-0.25, -0.2) is 0 Å². The van der Waals surface area contributed by atoms with E-state index in [9.17, 15) is 8.78 Å². The Morgan fingerprint density at radius 1 is 1.50 bits per heavy atom. The molecule has 0 unspecified atom stereocenters. The van der Waals surface area contributed by atoms with Crippen molar-refractivity contribution in [2.24, 2.45) is 0 Å². The minimum atomic E-state index is -3.31. The summed E-state index contributed by atoms with van der Waals surface area (Å²) in [6, 6.07) is 0. The van der Waals surface area contributed by atoms with Crippen LogP contribution in [0.1, 0.15) is 5.01 Å². The zero-order valence-electron chi connectivity index (χ0n) is 6.38. The van der Waals surface area contributed by atoms with E-state index in [1.165, 1.54) is 11.8 Å². The smallest absolute Gasteiger partial charge is 0.318 e. The molecule has 0 aliphatic heterocycles. The predicted molar refractivity (Wildman–Crippen MR) is 42.6 cm³/mol. The minimum Gasteiger partial charge on any atom is -0.318 e. The number of thioether (sulfide) groups is 1. The summed E-state index contributed by atoms with van der Waals surface area (Å²) < 4.78 is 29.9. The zero-order valence-corrected chi connectivity index (χ0v) is 8.01. The van der Waals surface area contributed by atoms with Crippen LogP contribution in [0.3, 0.4) is 0 Å². The summed E-state index contributed by atoms with van der Waals surface area (Å²) in [6.07, 6.45) is -1.57. The molecule has 1 aromatic heterocycles. The maximum absolute atomic E-state index is 12.7. The van der Waals surface area contributed by atoms with Crippen molar-refractivity contribution >= 4 is 23.1 Å². The number of rotatable bonds is 3. The molecule has 7 heteroatoms. The summed E-state index contributed by atoms with van der Waals surface area (Å²) >= 11 is 2.10. The van der Waals surface area contributed by atoms with Crippen LogP contribution in [-0.4, -0.2) is 23.6 Å². The summed E-state index contributed by atoms with van der Waals surface area (Å²) in [6.45, 7) is 0. The second-order valence-corrected chi connectivity index (χ2v) is 3.83. The third-order valence-corrected chi connectivity index (χ3v) is 3.04. The van der Waals surface area contributed by atoms with Gasteiger partial charge in [-0.05, 0) is 6.26 Å². The number of hydrogen-bond acceptors (Lipinski definition) is 5. The van der Waals surface area contributed by atoms with E-state index in [1.54, 1.807) is 6.26 Å². The molecule has 0 saturated carbocycles. The molecule has 1 heterocycles. The van der Waals surface area contributed by atoms with Gasteiger partial charge in [0.05, 0.1) is 0 Å². The van der Waals surface area contributed by atoms with E-state index in [2.05, 4.69) is 14.9 Å². The SMILES string of the molecule is COC(F)(F)c1nnc(SC)s1. The quantitative estimate of drug-likeness (QED) is 0.717. The number of aromatic nitrogens is 2. The largest absolute Gasteiger partial charge is 0.411 e. The molecule has 0 amide bonds. The van der Waals surface area contributed by atoms with Gasteiger partial charge in [0, 0.05) is 7.11 Å². The summed E-state index contributed by atoms with van der Waals surface area (Å²) in [5, 5.41) is 6.41. The Balaban J connectivity index is 2.88. The monoisotopic (exact) mass is 212 g/mol. The molecule has 68 valence electrons. The highest BCUT2D eigenvalue weighted by molar-refractivity contribution is 8.00. The molecule has 0 atom stereocenters. The first-order chi connectivity index (χ1) is 5.60. The molecule has 0 aliphatic rings. The van der Waals surface area contributed by atoms with Crippen LogP contribution < -0.4 is 0 Å². The first-order valence-corrected chi connectivity index (χ1v) is 4.95. The van der Waals surface area contributed by atoms with Crippen LogP contribution in [0, 0.1) is 0 Å². The maximum atomic E-state index is 12.7. The van der Waals surface area contributed by atoms with Crippen molar-refractivity contribution in [1.29, 1.82) is 0 Å². The third-order valence-electron chi connectivity index (χ3n) is 1.09. The molecule has 1 rings (SSSR count). The summed E-state index contributed by atoms with van der Waals surface area (Å²) in [5.74, 6) is 0. The molecule has 0 bridgehead atoms. The van der Waals surface area contributed by atoms with Gasteiger partial charge in [0.1, 0.15) is 0 Å². The Morgan fingerprint density at radius 3 is 2.58 bits per heavy atom. The number of ether oxygens (including phenoxy) is 1. The van der Waals surface area contributed by atoms with Crippen LogP contribution in [-0.2, 0) is 10.8 Å². The van der Waals surface area contributed by atoms with Gasteiger partial charge in [-0.1, -0.05) is 23.1 Å². The third kappa shape index (κ3) is 1.90. The second kappa shape index (κ2) is 3.63. The zero-order chi connectivity index (χ0) is 9.19. The van der Waals surface area contributed by atoms with Gasteiger partial charge in [-0.2, -0.15) is 8.78 Å². The van der Waals surface area contributed by atoms with E-state index < -0.39 is 11.1 Å². The van der Waals surface area contributed by atoms with E-state index in [0.717, 1.165) is 18.4 Å². The van der Waals surface area contributed by atoms with E-state index in [4.69, 9.17) is 0 Å². The normalized spacial score (nSPS) is 12.0. The van der Waals surface area contributed by atoms with Crippen LogP contribution in [0.25, 0.3) is 0 Å². The van der Waals surface area contributed by atoms with Crippen molar-refractivity contribution in [3.63, 3.8) is 0 Å². The van der Waals surface area contributed by atoms with Crippen LogP contribution in [0.15, 0.2) is 4.34 Å². The number of methoxy groups -OCH3 is 1. The van der Waals surface area contributed by atoms with Gasteiger partial charge in [0.2, 0.25) is 5.01 Å². The summed E-state index contributed by atoms with van der Waals surface area (Å²) in [4.78, 5) is 0. The van der Waals surface area contributed by atoms with Gasteiger partial charge < -0.3 is 4.74 Å². The van der Waals surface area contributed by atoms with Crippen molar-refractivity contribution in [1.82, 2.24) is 10.2 Å². The van der Waals surface area contributed by atoms with Crippen molar-refractivity contribution < 1.29 is 13.5 Å². The lowest BCUT2D eigenvalue weighted by Gasteiger charge is -2.07. The molecule has 0 saturated heterocycles. The average molecular weight is 212 g/mol. The fraction of sp³-hybridized carbons (Fsp3) is 0.600. The van der Waals surface area contributed by atoms with E-state index >= 15 is 0 Å². The van der Waals surface area contributed by atoms with Crippen LogP contribution >= 0.6 is 23.1 Å². The lowest BCUT2D eigenvalue weighted by Crippen LogP contribution is -2.15. The number of alkyl halides is 2. The van der Waals surface area contributed by atoms with Crippen molar-refractivity contribution in [2.75, 3.05) is 13.4 Å². The van der Waals surface area contributed by atoms with Crippen LogP contribution in [0.4, 0.5) is 8.78 Å². The second-order valence-electron chi connectivity index (χ2n) is 1.80. The van der Waals surface area contributed by atoms with Gasteiger partial charge in [0.25, 0.3) is 0 Å². The molecule has 12 heavy (non-hydrogen) atoms. The predicted octanol–water partition coefficient (Wildman–Crippen LogP) is 1.96. The molecule has 0 fully saturated rings. The molecule has 0 radical (unpaired) electrons. The highest BCUT2D eigenvalue weighted by Crippen LogP contribution is 2.32. The average Bonchev–Trinajstić information content (AvgIpc) is 2.52. The van der Waals surface area contributed by atoms with Crippen molar-refractivity contribution in [3.8, 4) is 0 Å². The van der Waals surface area contributed by atoms with E-state index in [1.807, 2.05) is 0 Å². The fourth-order valence-electron chi connectivity index (χ4n) is 0.497. The Morgan fingerprint density at radius 2 is 2.17 bits per heavy atom. The molecule has 0 spiro atoms. The van der Waals surface area contributed by atoms with Gasteiger partial charge in [0.15, 0.2) is 4.34 Å². The van der Waals surface area contributed by atoms with Crippen molar-refractivity contribution in [2.45, 2.75) is 10.4 Å². The van der Waals surface area contributed by atoms with Crippen LogP contribution in [0.5, 0.6) is 0 Å². The van der Waals surface area contributed by atoms with Crippen LogP contribution in [0.2, 0.25) is 0 Å². The standard InChI is InChI=1S/C5H6F2N2OS2/c1-10-5(6,7)3-8-9-4(11-2)12-3/h1-2H3. The molecule has 1 aromatic rings. The molecular formula is C5H6F2N2OS2. The first-order valence-electron chi connectivity index (χ1n) is 2.91. The van der Waals surface area contributed by atoms with Gasteiger partial charge in [-0.15, -0.1) is 10.2 Å². The Bertz CT molecular complexity index is 266. The number of nitrogens with zero attached hydrogens (tertiary/aromatic N) is 2. The van der Waals surface area contributed by atoms with Gasteiger partial charge >= 0.3 is 6.11 Å². The Hall–Kier alpha value is -0.270. The topological polar surface area (TPSA) is 35.0 Å². The number of halogens is 2. The first kappa shape index (κ1) is 9.82. The highest BCUT2D eigenvalue weighted by Gasteiger charge is 2.36. The molecule has 0 N–H and O–H groups in total. The summed E-state index contributed by atoms with van der Waals surface area (Å²) in [5.41, 5.74) is 0. The summed E-state index contributed by atoms with van der Waals surface area (Å²) in [7, 11) is 0.931. The van der Waals surface area contributed by atoms with Crippen molar-refractivity contribution in [3.05, 3.63) is 5.01 Å². The molecule has 0 aliphatic carbocycles. The van der Waals surface area contributed by atoms with E-state index in [-0.39, 0.29) is 0 Å².